The maximum Gasteiger partial charge on any atom is 0.164 e. The van der Waals surface area contributed by atoms with E-state index in [2.05, 4.69) is 18.2 Å². The van der Waals surface area contributed by atoms with Gasteiger partial charge in [0, 0.05) is 0 Å². The van der Waals surface area contributed by atoms with Crippen molar-refractivity contribution in [3.05, 3.63) is 42.7 Å². The Kier molecular flexibility index (Phi) is 1.68. The van der Waals surface area contributed by atoms with Gasteiger partial charge in [0.1, 0.15) is 11.8 Å². The van der Waals surface area contributed by atoms with Crippen LogP contribution in [0.25, 0.3) is 21.7 Å². The molecule has 0 unspecified atom stereocenters. The maximum atomic E-state index is 5.42. The van der Waals surface area contributed by atoms with E-state index in [0.717, 1.165) is 16.7 Å². The van der Waals surface area contributed by atoms with E-state index in [1.54, 1.807) is 13.4 Å². The zero-order chi connectivity index (χ0) is 10.3. The molecule has 3 aromatic rings. The predicted molar refractivity (Wildman–Crippen MR) is 60.3 cm³/mol. The first-order valence-electron chi connectivity index (χ1n) is 4.82. The monoisotopic (exact) mass is 198 g/mol. The van der Waals surface area contributed by atoms with E-state index in [1.165, 1.54) is 10.8 Å². The van der Waals surface area contributed by atoms with E-state index in [0.29, 0.717) is 0 Å². The summed E-state index contributed by atoms with van der Waals surface area (Å²) >= 11 is 0. The number of methoxy groups -OCH3 is 1. The lowest BCUT2D eigenvalue weighted by Crippen LogP contribution is -1.79. The third kappa shape index (κ3) is 1.18. The Morgan fingerprint density at radius 3 is 2.53 bits per heavy atom. The summed E-state index contributed by atoms with van der Waals surface area (Å²) in [7, 11) is 1.65. The van der Waals surface area contributed by atoms with Gasteiger partial charge in [0.2, 0.25) is 0 Å². The number of hydrogen-bond acceptors (Lipinski definition) is 2. The molecule has 2 heteroatoms. The minimum absolute atomic E-state index is 0.788. The predicted octanol–water partition coefficient (Wildman–Crippen LogP) is 3.59. The average Bonchev–Trinajstić information content (AvgIpc) is 2.68. The largest absolute Gasteiger partial charge is 0.493 e. The third-order valence-corrected chi connectivity index (χ3v) is 2.63. The SMILES string of the molecule is COc1coc2cc3ccccc3cc12. The normalized spacial score (nSPS) is 11.0. The van der Waals surface area contributed by atoms with Gasteiger partial charge in [-0.25, -0.2) is 0 Å². The van der Waals surface area contributed by atoms with Crippen LogP contribution in [0.5, 0.6) is 5.75 Å². The van der Waals surface area contributed by atoms with Crippen LogP contribution in [0.4, 0.5) is 0 Å². The number of rotatable bonds is 1. The molecule has 1 heterocycles. The van der Waals surface area contributed by atoms with Crippen LogP contribution in [0, 0.1) is 0 Å². The van der Waals surface area contributed by atoms with Gasteiger partial charge in [-0.3, -0.25) is 0 Å². The molecule has 0 saturated carbocycles. The van der Waals surface area contributed by atoms with Crippen molar-refractivity contribution in [2.24, 2.45) is 0 Å². The smallest absolute Gasteiger partial charge is 0.164 e. The lowest BCUT2D eigenvalue weighted by Gasteiger charge is -1.98. The Morgan fingerprint density at radius 2 is 1.80 bits per heavy atom. The van der Waals surface area contributed by atoms with Crippen LogP contribution in [-0.2, 0) is 0 Å². The highest BCUT2D eigenvalue weighted by Crippen LogP contribution is 2.31. The van der Waals surface area contributed by atoms with Crippen molar-refractivity contribution in [1.82, 2.24) is 0 Å². The summed E-state index contributed by atoms with van der Waals surface area (Å²) < 4.78 is 10.6. The second-order valence-corrected chi connectivity index (χ2v) is 3.50. The minimum atomic E-state index is 0.788. The van der Waals surface area contributed by atoms with Crippen molar-refractivity contribution < 1.29 is 9.15 Å². The summed E-state index contributed by atoms with van der Waals surface area (Å²) in [5.74, 6) is 0.788. The molecule has 2 aromatic carbocycles. The van der Waals surface area contributed by atoms with Gasteiger partial charge in [-0.1, -0.05) is 24.3 Å². The van der Waals surface area contributed by atoms with Gasteiger partial charge >= 0.3 is 0 Å². The summed E-state index contributed by atoms with van der Waals surface area (Å²) in [5.41, 5.74) is 0.866. The number of fused-ring (bicyclic) bond motifs is 2. The second kappa shape index (κ2) is 3.02. The van der Waals surface area contributed by atoms with E-state index in [4.69, 9.17) is 9.15 Å². The van der Waals surface area contributed by atoms with Crippen LogP contribution in [0.15, 0.2) is 47.1 Å². The highest BCUT2D eigenvalue weighted by molar-refractivity contribution is 5.98. The fourth-order valence-electron chi connectivity index (χ4n) is 1.85. The molecule has 0 aliphatic heterocycles. The summed E-state index contributed by atoms with van der Waals surface area (Å²) in [6.45, 7) is 0. The van der Waals surface area contributed by atoms with Crippen molar-refractivity contribution in [3.63, 3.8) is 0 Å². The fraction of sp³-hybridized carbons (Fsp3) is 0.0769. The van der Waals surface area contributed by atoms with Crippen molar-refractivity contribution in [2.75, 3.05) is 7.11 Å². The molecule has 0 atom stereocenters. The van der Waals surface area contributed by atoms with Gasteiger partial charge in [-0.2, -0.15) is 0 Å². The molecular weight excluding hydrogens is 188 g/mol. The summed E-state index contributed by atoms with van der Waals surface area (Å²) in [6, 6.07) is 12.3. The lowest BCUT2D eigenvalue weighted by molar-refractivity contribution is 0.410. The third-order valence-electron chi connectivity index (χ3n) is 2.63. The molecule has 0 spiro atoms. The number of furan rings is 1. The molecule has 0 aliphatic rings. The molecule has 15 heavy (non-hydrogen) atoms. The topological polar surface area (TPSA) is 22.4 Å². The van der Waals surface area contributed by atoms with Gasteiger partial charge in [-0.15, -0.1) is 0 Å². The summed E-state index contributed by atoms with van der Waals surface area (Å²) in [4.78, 5) is 0. The first-order valence-corrected chi connectivity index (χ1v) is 4.82. The molecule has 74 valence electrons. The van der Waals surface area contributed by atoms with E-state index in [9.17, 15) is 0 Å². The van der Waals surface area contributed by atoms with Gasteiger partial charge in [-0.05, 0) is 22.9 Å². The van der Waals surface area contributed by atoms with Crippen molar-refractivity contribution >= 4 is 21.7 Å². The number of benzene rings is 2. The molecule has 0 fully saturated rings. The van der Waals surface area contributed by atoms with Crippen molar-refractivity contribution in [1.29, 1.82) is 0 Å². The van der Waals surface area contributed by atoms with E-state index < -0.39 is 0 Å². The fourth-order valence-corrected chi connectivity index (χ4v) is 1.85. The zero-order valence-corrected chi connectivity index (χ0v) is 8.36. The zero-order valence-electron chi connectivity index (χ0n) is 8.36. The Morgan fingerprint density at radius 1 is 1.07 bits per heavy atom. The summed E-state index contributed by atoms with van der Waals surface area (Å²) in [6.07, 6.45) is 1.64. The molecule has 0 N–H and O–H groups in total. The molecule has 3 rings (SSSR count). The maximum absolute atomic E-state index is 5.42. The standard InChI is InChI=1S/C13H10O2/c1-14-13-8-15-12-7-10-5-3-2-4-9(10)6-11(12)13/h2-8H,1H3. The van der Waals surface area contributed by atoms with E-state index in [-0.39, 0.29) is 0 Å². The number of ether oxygens (including phenoxy) is 1. The molecular formula is C13H10O2. The van der Waals surface area contributed by atoms with Crippen molar-refractivity contribution in [3.8, 4) is 5.75 Å². The summed E-state index contributed by atoms with van der Waals surface area (Å²) in [5, 5.41) is 3.41. The average molecular weight is 198 g/mol. The van der Waals surface area contributed by atoms with E-state index >= 15 is 0 Å². The van der Waals surface area contributed by atoms with Crippen LogP contribution in [-0.4, -0.2) is 7.11 Å². The van der Waals surface area contributed by atoms with Crippen molar-refractivity contribution in [2.45, 2.75) is 0 Å². The first kappa shape index (κ1) is 8.36. The lowest BCUT2D eigenvalue weighted by atomic mass is 10.1. The highest BCUT2D eigenvalue weighted by atomic mass is 16.5. The second-order valence-electron chi connectivity index (χ2n) is 3.50. The van der Waals surface area contributed by atoms with Crippen LogP contribution in [0.1, 0.15) is 0 Å². The quantitative estimate of drug-likeness (QED) is 0.596. The van der Waals surface area contributed by atoms with Crippen LogP contribution < -0.4 is 4.74 Å². The molecule has 0 aliphatic carbocycles. The van der Waals surface area contributed by atoms with Gasteiger partial charge in [0.15, 0.2) is 5.75 Å². The van der Waals surface area contributed by atoms with Gasteiger partial charge < -0.3 is 9.15 Å². The molecule has 1 aromatic heterocycles. The molecule has 0 radical (unpaired) electrons. The molecule has 0 bridgehead atoms. The molecule has 0 amide bonds. The Bertz CT molecular complexity index is 623. The number of hydrogen-bond donors (Lipinski definition) is 0. The Balaban J connectivity index is 2.45. The molecule has 2 nitrogen and oxygen atoms in total. The van der Waals surface area contributed by atoms with Crippen LogP contribution >= 0.6 is 0 Å². The van der Waals surface area contributed by atoms with Gasteiger partial charge in [0.25, 0.3) is 0 Å². The first-order chi connectivity index (χ1) is 7.38. The Labute approximate surface area is 87.1 Å². The minimum Gasteiger partial charge on any atom is -0.493 e. The van der Waals surface area contributed by atoms with Gasteiger partial charge in [0.05, 0.1) is 12.5 Å². The Hall–Kier alpha value is -1.96. The highest BCUT2D eigenvalue weighted by Gasteiger charge is 2.06. The van der Waals surface area contributed by atoms with E-state index in [1.807, 2.05) is 18.2 Å². The molecule has 0 saturated heterocycles. The van der Waals surface area contributed by atoms with Crippen LogP contribution in [0.3, 0.4) is 0 Å². The van der Waals surface area contributed by atoms with Crippen LogP contribution in [0.2, 0.25) is 0 Å².